The van der Waals surface area contributed by atoms with Crippen LogP contribution < -0.4 is 5.32 Å². The zero-order chi connectivity index (χ0) is 16.5. The maximum absolute atomic E-state index is 13.3. The SMILES string of the molecule is CCCCCCNC(=O)C1CCCN(Cc2cccc(F)c2)C1. The molecule has 0 spiro atoms. The van der Waals surface area contributed by atoms with Crippen molar-refractivity contribution in [2.75, 3.05) is 19.6 Å². The Labute approximate surface area is 139 Å². The monoisotopic (exact) mass is 320 g/mol. The molecule has 1 fully saturated rings. The highest BCUT2D eigenvalue weighted by Gasteiger charge is 2.25. The van der Waals surface area contributed by atoms with Crippen LogP contribution in [0.5, 0.6) is 0 Å². The summed E-state index contributed by atoms with van der Waals surface area (Å²) in [6.45, 7) is 5.46. The van der Waals surface area contributed by atoms with Crippen molar-refractivity contribution in [3.8, 4) is 0 Å². The summed E-state index contributed by atoms with van der Waals surface area (Å²) in [6, 6.07) is 6.74. The van der Waals surface area contributed by atoms with Gasteiger partial charge in [-0.05, 0) is 43.5 Å². The molecule has 1 atom stereocenters. The van der Waals surface area contributed by atoms with Crippen molar-refractivity contribution in [1.29, 1.82) is 0 Å². The van der Waals surface area contributed by atoms with Crippen molar-refractivity contribution in [3.63, 3.8) is 0 Å². The van der Waals surface area contributed by atoms with E-state index in [1.54, 1.807) is 12.1 Å². The van der Waals surface area contributed by atoms with E-state index >= 15 is 0 Å². The molecule has 0 aromatic heterocycles. The van der Waals surface area contributed by atoms with E-state index in [-0.39, 0.29) is 17.6 Å². The molecule has 1 N–H and O–H groups in total. The molecule has 0 bridgehead atoms. The Balaban J connectivity index is 1.75. The summed E-state index contributed by atoms with van der Waals surface area (Å²) in [5.74, 6) is 0.0646. The Kier molecular flexibility index (Phi) is 7.53. The lowest BCUT2D eigenvalue weighted by Gasteiger charge is -2.32. The number of hydrogen-bond acceptors (Lipinski definition) is 2. The molecule has 3 nitrogen and oxygen atoms in total. The van der Waals surface area contributed by atoms with Gasteiger partial charge in [-0.15, -0.1) is 0 Å². The first kappa shape index (κ1) is 17.9. The number of amides is 1. The molecule has 1 saturated heterocycles. The number of unbranched alkanes of at least 4 members (excludes halogenated alkanes) is 3. The van der Waals surface area contributed by atoms with E-state index in [1.165, 1.54) is 25.3 Å². The largest absolute Gasteiger partial charge is 0.356 e. The van der Waals surface area contributed by atoms with Crippen molar-refractivity contribution < 1.29 is 9.18 Å². The number of rotatable bonds is 8. The van der Waals surface area contributed by atoms with Gasteiger partial charge < -0.3 is 5.32 Å². The van der Waals surface area contributed by atoms with Gasteiger partial charge in [-0.25, -0.2) is 4.39 Å². The average Bonchev–Trinajstić information content (AvgIpc) is 2.55. The quantitative estimate of drug-likeness (QED) is 0.740. The second-order valence-corrected chi connectivity index (χ2v) is 6.56. The van der Waals surface area contributed by atoms with E-state index in [1.807, 2.05) is 6.07 Å². The van der Waals surface area contributed by atoms with Crippen molar-refractivity contribution in [1.82, 2.24) is 10.2 Å². The highest BCUT2D eigenvalue weighted by atomic mass is 19.1. The first-order chi connectivity index (χ1) is 11.2. The minimum absolute atomic E-state index is 0.0727. The van der Waals surface area contributed by atoms with Gasteiger partial charge in [0.1, 0.15) is 5.82 Å². The third-order valence-electron chi connectivity index (χ3n) is 4.50. The van der Waals surface area contributed by atoms with Gasteiger partial charge in [0.25, 0.3) is 0 Å². The molecule has 1 unspecified atom stereocenters. The topological polar surface area (TPSA) is 32.3 Å². The van der Waals surface area contributed by atoms with Crippen LogP contribution in [0.25, 0.3) is 0 Å². The van der Waals surface area contributed by atoms with Gasteiger partial charge >= 0.3 is 0 Å². The molecule has 1 aromatic carbocycles. The highest BCUT2D eigenvalue weighted by molar-refractivity contribution is 5.78. The number of likely N-dealkylation sites (tertiary alicyclic amines) is 1. The second-order valence-electron chi connectivity index (χ2n) is 6.56. The third-order valence-corrected chi connectivity index (χ3v) is 4.50. The fourth-order valence-electron chi connectivity index (χ4n) is 3.21. The molecule has 0 aliphatic carbocycles. The molecule has 23 heavy (non-hydrogen) atoms. The van der Waals surface area contributed by atoms with Crippen LogP contribution in [0.1, 0.15) is 51.0 Å². The molecule has 0 radical (unpaired) electrons. The fraction of sp³-hybridized carbons (Fsp3) is 0.632. The normalized spacial score (nSPS) is 18.8. The molecule has 1 heterocycles. The lowest BCUT2D eigenvalue weighted by atomic mass is 9.96. The molecule has 0 saturated carbocycles. The Morgan fingerprint density at radius 2 is 2.22 bits per heavy atom. The average molecular weight is 320 g/mol. The minimum atomic E-state index is -0.194. The molecule has 1 aromatic rings. The number of nitrogens with zero attached hydrogens (tertiary/aromatic N) is 1. The second kappa shape index (κ2) is 9.66. The summed E-state index contributed by atoms with van der Waals surface area (Å²) in [5.41, 5.74) is 0.977. The van der Waals surface area contributed by atoms with Gasteiger partial charge in [-0.2, -0.15) is 0 Å². The molecule has 1 amide bonds. The predicted molar refractivity (Wildman–Crippen MR) is 91.6 cm³/mol. The Morgan fingerprint density at radius 3 is 3.00 bits per heavy atom. The van der Waals surface area contributed by atoms with Gasteiger partial charge in [0, 0.05) is 19.6 Å². The molecule has 4 heteroatoms. The van der Waals surface area contributed by atoms with Crippen molar-refractivity contribution in [2.24, 2.45) is 5.92 Å². The standard InChI is InChI=1S/C19H29FN2O/c1-2-3-4-5-11-21-19(23)17-9-7-12-22(15-17)14-16-8-6-10-18(20)13-16/h6,8,10,13,17H,2-5,7,9,11-12,14-15H2,1H3,(H,21,23). The van der Waals surface area contributed by atoms with Crippen LogP contribution in [0, 0.1) is 11.7 Å². The molecular weight excluding hydrogens is 291 g/mol. The van der Waals surface area contributed by atoms with Gasteiger partial charge in [0.15, 0.2) is 0 Å². The van der Waals surface area contributed by atoms with E-state index in [9.17, 15) is 9.18 Å². The number of carbonyl (C=O) groups excluding carboxylic acids is 1. The molecular formula is C19H29FN2O. The first-order valence-corrected chi connectivity index (χ1v) is 8.93. The number of halogens is 1. The van der Waals surface area contributed by atoms with Gasteiger partial charge in [0.2, 0.25) is 5.91 Å². The summed E-state index contributed by atoms with van der Waals surface area (Å²) in [6.07, 6.45) is 6.70. The lowest BCUT2D eigenvalue weighted by Crippen LogP contribution is -2.42. The lowest BCUT2D eigenvalue weighted by molar-refractivity contribution is -0.126. The van der Waals surface area contributed by atoms with Crippen LogP contribution in [0.3, 0.4) is 0 Å². The predicted octanol–water partition coefficient (Wildman–Crippen LogP) is 3.73. The van der Waals surface area contributed by atoms with E-state index in [2.05, 4.69) is 17.1 Å². The van der Waals surface area contributed by atoms with Gasteiger partial charge in [-0.1, -0.05) is 38.3 Å². The number of benzene rings is 1. The number of piperidine rings is 1. The van der Waals surface area contributed by atoms with Crippen molar-refractivity contribution in [2.45, 2.75) is 52.0 Å². The molecule has 2 rings (SSSR count). The summed E-state index contributed by atoms with van der Waals surface area (Å²) >= 11 is 0. The van der Waals surface area contributed by atoms with E-state index in [4.69, 9.17) is 0 Å². The van der Waals surface area contributed by atoms with Crippen LogP contribution in [0.15, 0.2) is 24.3 Å². The van der Waals surface area contributed by atoms with Crippen molar-refractivity contribution in [3.05, 3.63) is 35.6 Å². The maximum Gasteiger partial charge on any atom is 0.224 e. The van der Waals surface area contributed by atoms with Crippen LogP contribution in [-0.4, -0.2) is 30.4 Å². The minimum Gasteiger partial charge on any atom is -0.356 e. The number of hydrogen-bond donors (Lipinski definition) is 1. The van der Waals surface area contributed by atoms with Gasteiger partial charge in [-0.3, -0.25) is 9.69 Å². The van der Waals surface area contributed by atoms with Gasteiger partial charge in [0.05, 0.1) is 5.92 Å². The van der Waals surface area contributed by atoms with Crippen LogP contribution in [0.2, 0.25) is 0 Å². The van der Waals surface area contributed by atoms with Crippen molar-refractivity contribution >= 4 is 5.91 Å². The zero-order valence-corrected chi connectivity index (χ0v) is 14.2. The molecule has 128 valence electrons. The third kappa shape index (κ3) is 6.30. The summed E-state index contributed by atoms with van der Waals surface area (Å²) < 4.78 is 13.3. The summed E-state index contributed by atoms with van der Waals surface area (Å²) in [5, 5.41) is 3.08. The van der Waals surface area contributed by atoms with E-state index in [0.717, 1.165) is 51.0 Å². The Morgan fingerprint density at radius 1 is 1.35 bits per heavy atom. The highest BCUT2D eigenvalue weighted by Crippen LogP contribution is 2.19. The van der Waals surface area contributed by atoms with Crippen LogP contribution in [-0.2, 0) is 11.3 Å². The number of carbonyl (C=O) groups is 1. The fourth-order valence-corrected chi connectivity index (χ4v) is 3.21. The van der Waals surface area contributed by atoms with E-state index in [0.29, 0.717) is 0 Å². The Hall–Kier alpha value is -1.42. The van der Waals surface area contributed by atoms with E-state index < -0.39 is 0 Å². The smallest absolute Gasteiger partial charge is 0.224 e. The Bertz CT molecular complexity index is 492. The van der Waals surface area contributed by atoms with Crippen LogP contribution >= 0.6 is 0 Å². The first-order valence-electron chi connectivity index (χ1n) is 8.93. The number of nitrogens with one attached hydrogen (secondary N) is 1. The molecule has 1 aliphatic heterocycles. The maximum atomic E-state index is 13.3. The summed E-state index contributed by atoms with van der Waals surface area (Å²) in [4.78, 5) is 14.5. The molecule has 1 aliphatic rings. The summed E-state index contributed by atoms with van der Waals surface area (Å²) in [7, 11) is 0. The van der Waals surface area contributed by atoms with Crippen LogP contribution in [0.4, 0.5) is 4.39 Å². The zero-order valence-electron chi connectivity index (χ0n) is 14.2.